The summed E-state index contributed by atoms with van der Waals surface area (Å²) in [7, 11) is 0. The fourth-order valence-corrected chi connectivity index (χ4v) is 2.29. The van der Waals surface area contributed by atoms with Crippen LogP contribution in [-0.4, -0.2) is 11.3 Å². The highest BCUT2D eigenvalue weighted by Gasteiger charge is 2.03. The molecule has 0 bridgehead atoms. The van der Waals surface area contributed by atoms with E-state index >= 15 is 0 Å². The first kappa shape index (κ1) is 15.7. The quantitative estimate of drug-likeness (QED) is 0.483. The van der Waals surface area contributed by atoms with Crippen molar-refractivity contribution in [1.82, 2.24) is 5.43 Å². The summed E-state index contributed by atoms with van der Waals surface area (Å²) in [5.41, 5.74) is 7.15. The second-order valence-electron chi connectivity index (χ2n) is 4.64. The molecule has 0 saturated carbocycles. The Morgan fingerprint density at radius 2 is 1.71 bits per heavy atom. The molecule has 0 saturated heterocycles. The van der Waals surface area contributed by atoms with Crippen molar-refractivity contribution in [2.75, 3.05) is 5.32 Å². The summed E-state index contributed by atoms with van der Waals surface area (Å²) in [6.45, 7) is 4.09. The van der Waals surface area contributed by atoms with Crippen molar-refractivity contribution < 1.29 is 0 Å². The molecule has 0 aromatic heterocycles. The number of thiocarbonyl (C=S) groups is 1. The number of rotatable bonds is 3. The van der Waals surface area contributed by atoms with Gasteiger partial charge in [0.05, 0.1) is 6.21 Å². The fourth-order valence-electron chi connectivity index (χ4n) is 1.87. The van der Waals surface area contributed by atoms with E-state index in [-0.39, 0.29) is 0 Å². The topological polar surface area (TPSA) is 36.4 Å². The minimum atomic E-state index is 0.473. The largest absolute Gasteiger partial charge is 0.331 e. The predicted molar refractivity (Wildman–Crippen MR) is 97.0 cm³/mol. The fraction of sp³-hybridized carbons (Fsp3) is 0.125. The highest BCUT2D eigenvalue weighted by atomic mass is 79.9. The molecule has 0 aliphatic carbocycles. The van der Waals surface area contributed by atoms with E-state index in [4.69, 9.17) is 12.2 Å². The van der Waals surface area contributed by atoms with Crippen LogP contribution in [-0.2, 0) is 0 Å². The van der Waals surface area contributed by atoms with Crippen LogP contribution in [0.1, 0.15) is 16.7 Å². The van der Waals surface area contributed by atoms with Gasteiger partial charge in [0.25, 0.3) is 0 Å². The number of aryl methyl sites for hydroxylation is 2. The van der Waals surface area contributed by atoms with Crippen molar-refractivity contribution in [1.29, 1.82) is 0 Å². The third-order valence-electron chi connectivity index (χ3n) is 2.97. The van der Waals surface area contributed by atoms with E-state index in [2.05, 4.69) is 31.8 Å². The minimum absolute atomic E-state index is 0.473. The summed E-state index contributed by atoms with van der Waals surface area (Å²) in [4.78, 5) is 0. The Kier molecular flexibility index (Phi) is 5.47. The molecule has 2 aromatic rings. The number of hydrazone groups is 1. The molecule has 0 aliphatic rings. The molecule has 5 heteroatoms. The number of hydrogen-bond donors (Lipinski definition) is 2. The van der Waals surface area contributed by atoms with Gasteiger partial charge in [0, 0.05) is 10.2 Å². The van der Waals surface area contributed by atoms with Crippen molar-refractivity contribution in [3.05, 3.63) is 63.6 Å². The Balaban J connectivity index is 1.95. The van der Waals surface area contributed by atoms with Crippen molar-refractivity contribution in [2.45, 2.75) is 13.8 Å². The van der Waals surface area contributed by atoms with Crippen LogP contribution < -0.4 is 10.7 Å². The van der Waals surface area contributed by atoms with E-state index in [0.29, 0.717) is 5.11 Å². The summed E-state index contributed by atoms with van der Waals surface area (Å²) in [6, 6.07) is 14.0. The molecule has 0 amide bonds. The van der Waals surface area contributed by atoms with E-state index in [1.54, 1.807) is 6.21 Å². The zero-order chi connectivity index (χ0) is 15.2. The molecule has 108 valence electrons. The number of benzene rings is 2. The Morgan fingerprint density at radius 3 is 2.33 bits per heavy atom. The monoisotopic (exact) mass is 361 g/mol. The lowest BCUT2D eigenvalue weighted by atomic mass is 10.1. The van der Waals surface area contributed by atoms with Gasteiger partial charge in [-0.15, -0.1) is 0 Å². The Morgan fingerprint density at radius 1 is 1.10 bits per heavy atom. The van der Waals surface area contributed by atoms with Crippen LogP contribution in [0.5, 0.6) is 0 Å². The van der Waals surface area contributed by atoms with Gasteiger partial charge in [-0.3, -0.25) is 5.43 Å². The van der Waals surface area contributed by atoms with Gasteiger partial charge in [0.2, 0.25) is 0 Å². The first-order chi connectivity index (χ1) is 10.1. The molecule has 0 fully saturated rings. The predicted octanol–water partition coefficient (Wildman–Crippen LogP) is 4.39. The minimum Gasteiger partial charge on any atom is -0.331 e. The van der Waals surface area contributed by atoms with Crippen molar-refractivity contribution in [2.24, 2.45) is 5.10 Å². The van der Waals surface area contributed by atoms with E-state index in [9.17, 15) is 0 Å². The van der Waals surface area contributed by atoms with Gasteiger partial charge < -0.3 is 5.32 Å². The van der Waals surface area contributed by atoms with Gasteiger partial charge in [0.15, 0.2) is 5.11 Å². The molecule has 0 atom stereocenters. The normalized spacial score (nSPS) is 10.6. The number of halogens is 1. The third kappa shape index (κ3) is 4.65. The standard InChI is InChI=1S/C16H16BrN3S/c1-11-4-3-5-12(2)15(11)19-16(21)20-18-10-13-6-8-14(17)9-7-13/h3-10H,1-2H3,(H2,19,20,21)/b18-10+. The van der Waals surface area contributed by atoms with Gasteiger partial charge in [0.1, 0.15) is 0 Å². The SMILES string of the molecule is Cc1cccc(C)c1NC(=S)N/N=C/c1ccc(Br)cc1. The number of nitrogens with zero attached hydrogens (tertiary/aromatic N) is 1. The Hall–Kier alpha value is -1.72. The molecule has 2 aromatic carbocycles. The van der Waals surface area contributed by atoms with Gasteiger partial charge in [-0.1, -0.05) is 46.3 Å². The summed E-state index contributed by atoms with van der Waals surface area (Å²) >= 11 is 8.64. The molecule has 21 heavy (non-hydrogen) atoms. The molecule has 0 radical (unpaired) electrons. The maximum Gasteiger partial charge on any atom is 0.191 e. The van der Waals surface area contributed by atoms with E-state index in [0.717, 1.165) is 26.9 Å². The zero-order valence-corrected chi connectivity index (χ0v) is 14.3. The molecule has 0 aliphatic heterocycles. The lowest BCUT2D eigenvalue weighted by molar-refractivity contribution is 1.05. The number of para-hydroxylation sites is 1. The summed E-state index contributed by atoms with van der Waals surface area (Å²) < 4.78 is 1.04. The average Bonchev–Trinajstić information content (AvgIpc) is 2.45. The van der Waals surface area contributed by atoms with Crippen molar-refractivity contribution in [3.8, 4) is 0 Å². The molecular weight excluding hydrogens is 346 g/mol. The van der Waals surface area contributed by atoms with Crippen LogP contribution in [0.2, 0.25) is 0 Å². The summed E-state index contributed by atoms with van der Waals surface area (Å²) in [5.74, 6) is 0. The molecule has 2 N–H and O–H groups in total. The first-order valence-corrected chi connectivity index (χ1v) is 7.68. The highest BCUT2D eigenvalue weighted by Crippen LogP contribution is 2.19. The van der Waals surface area contributed by atoms with Crippen LogP contribution in [0.15, 0.2) is 52.0 Å². The van der Waals surface area contributed by atoms with Crippen molar-refractivity contribution >= 4 is 45.2 Å². The van der Waals surface area contributed by atoms with Gasteiger partial charge >= 0.3 is 0 Å². The molecule has 0 spiro atoms. The van der Waals surface area contributed by atoms with E-state index in [1.165, 1.54) is 0 Å². The first-order valence-electron chi connectivity index (χ1n) is 6.48. The van der Waals surface area contributed by atoms with Crippen LogP contribution >= 0.6 is 28.1 Å². The Labute approximate surface area is 138 Å². The van der Waals surface area contributed by atoms with E-state index in [1.807, 2.05) is 56.3 Å². The second-order valence-corrected chi connectivity index (χ2v) is 5.97. The van der Waals surface area contributed by atoms with Gasteiger partial charge in [-0.2, -0.15) is 5.10 Å². The lowest BCUT2D eigenvalue weighted by Gasteiger charge is -2.12. The maximum atomic E-state index is 5.25. The van der Waals surface area contributed by atoms with E-state index < -0.39 is 0 Å². The van der Waals surface area contributed by atoms with Gasteiger partial charge in [-0.05, 0) is 54.9 Å². The maximum absolute atomic E-state index is 5.25. The molecule has 0 unspecified atom stereocenters. The Bertz CT molecular complexity index is 645. The van der Waals surface area contributed by atoms with Crippen LogP contribution in [0.4, 0.5) is 5.69 Å². The van der Waals surface area contributed by atoms with Crippen LogP contribution in [0.3, 0.4) is 0 Å². The number of nitrogens with one attached hydrogen (secondary N) is 2. The number of hydrogen-bond acceptors (Lipinski definition) is 2. The average molecular weight is 362 g/mol. The molecular formula is C16H16BrN3S. The lowest BCUT2D eigenvalue weighted by Crippen LogP contribution is -2.24. The van der Waals surface area contributed by atoms with Crippen LogP contribution in [0.25, 0.3) is 0 Å². The second kappa shape index (κ2) is 7.33. The third-order valence-corrected chi connectivity index (χ3v) is 3.69. The molecule has 2 rings (SSSR count). The molecule has 0 heterocycles. The summed E-state index contributed by atoms with van der Waals surface area (Å²) in [6.07, 6.45) is 1.73. The number of anilines is 1. The highest BCUT2D eigenvalue weighted by molar-refractivity contribution is 9.10. The van der Waals surface area contributed by atoms with Crippen molar-refractivity contribution in [3.63, 3.8) is 0 Å². The summed E-state index contributed by atoms with van der Waals surface area (Å²) in [5, 5.41) is 7.78. The molecule has 3 nitrogen and oxygen atoms in total. The zero-order valence-electron chi connectivity index (χ0n) is 11.9. The van der Waals surface area contributed by atoms with Crippen LogP contribution in [0, 0.1) is 13.8 Å². The van der Waals surface area contributed by atoms with Gasteiger partial charge in [-0.25, -0.2) is 0 Å². The smallest absolute Gasteiger partial charge is 0.191 e.